The molecule has 2 N–H and O–H groups in total. The van der Waals surface area contributed by atoms with Crippen molar-refractivity contribution in [2.75, 3.05) is 13.7 Å². The Kier molecular flexibility index (Phi) is 4.60. The van der Waals surface area contributed by atoms with Crippen LogP contribution in [0.5, 0.6) is 0 Å². The largest absolute Gasteiger partial charge is 0.365 e. The van der Waals surface area contributed by atoms with E-state index in [9.17, 15) is 4.79 Å². The number of nitrogens with one attached hydrogen (secondary N) is 2. The monoisotopic (exact) mass is 195 g/mol. The van der Waals surface area contributed by atoms with Crippen LogP contribution in [0.3, 0.4) is 0 Å². The maximum atomic E-state index is 10.9. The molecule has 1 aromatic heterocycles. The van der Waals surface area contributed by atoms with E-state index in [1.165, 1.54) is 0 Å². The van der Waals surface area contributed by atoms with E-state index in [1.54, 1.807) is 13.2 Å². The van der Waals surface area contributed by atoms with Gasteiger partial charge < -0.3 is 4.74 Å². The Balaban J connectivity index is 2.19. The van der Waals surface area contributed by atoms with Gasteiger partial charge in [0.05, 0.1) is 12.3 Å². The number of pyridine rings is 1. The summed E-state index contributed by atoms with van der Waals surface area (Å²) in [7, 11) is 1.62. The summed E-state index contributed by atoms with van der Waals surface area (Å²) < 4.78 is 5.12. The number of hydrogen-bond donors (Lipinski definition) is 2. The first-order valence-corrected chi connectivity index (χ1v) is 4.26. The maximum Gasteiger partial charge on any atom is 0.260 e. The molecule has 0 fully saturated rings. The molecule has 0 aliphatic rings. The molecule has 1 aromatic rings. The Morgan fingerprint density at radius 1 is 1.57 bits per heavy atom. The molecule has 0 radical (unpaired) electrons. The molecule has 1 amide bonds. The van der Waals surface area contributed by atoms with Crippen molar-refractivity contribution in [2.24, 2.45) is 0 Å². The van der Waals surface area contributed by atoms with Crippen LogP contribution in [0.25, 0.3) is 0 Å². The molecule has 0 spiro atoms. The number of hydrazine groups is 1. The fraction of sp³-hybridized carbons (Fsp3) is 0.333. The summed E-state index contributed by atoms with van der Waals surface area (Å²) in [6.45, 7) is 0.370. The lowest BCUT2D eigenvalue weighted by Gasteiger charge is -2.03. The van der Waals surface area contributed by atoms with Crippen LogP contribution >= 0.6 is 0 Å². The maximum absolute atomic E-state index is 10.9. The normalized spacial score (nSPS) is 9.79. The van der Waals surface area contributed by atoms with Crippen LogP contribution in [0, 0.1) is 0 Å². The van der Waals surface area contributed by atoms with Crippen molar-refractivity contribution in [3.05, 3.63) is 30.1 Å². The minimum Gasteiger partial charge on any atom is -0.365 e. The van der Waals surface area contributed by atoms with Crippen LogP contribution in [0.4, 0.5) is 0 Å². The molecule has 0 saturated carbocycles. The third kappa shape index (κ3) is 3.97. The topological polar surface area (TPSA) is 63.2 Å². The average molecular weight is 195 g/mol. The molecule has 0 atom stereocenters. The zero-order valence-corrected chi connectivity index (χ0v) is 7.99. The molecule has 5 nitrogen and oxygen atoms in total. The first kappa shape index (κ1) is 10.6. The van der Waals surface area contributed by atoms with Crippen LogP contribution < -0.4 is 10.9 Å². The van der Waals surface area contributed by atoms with Crippen molar-refractivity contribution >= 4 is 5.91 Å². The zero-order chi connectivity index (χ0) is 10.2. The lowest BCUT2D eigenvalue weighted by molar-refractivity contribution is -0.127. The highest BCUT2D eigenvalue weighted by atomic mass is 16.5. The highest BCUT2D eigenvalue weighted by molar-refractivity contribution is 5.76. The number of hydrogen-bond acceptors (Lipinski definition) is 4. The number of nitrogens with zero attached hydrogens (tertiary/aromatic N) is 1. The number of rotatable bonds is 5. The summed E-state index contributed by atoms with van der Waals surface area (Å²) in [5.74, 6) is -0.205. The summed E-state index contributed by atoms with van der Waals surface area (Å²) in [5.41, 5.74) is 5.73. The molecule has 0 aromatic carbocycles. The molecular formula is C9H13N3O2. The van der Waals surface area contributed by atoms with Gasteiger partial charge in [-0.05, 0) is 12.1 Å². The predicted octanol–water partition coefficient (Wildman–Crippen LogP) is -0.151. The van der Waals surface area contributed by atoms with Gasteiger partial charge in [0.1, 0.15) is 6.61 Å². The molecule has 76 valence electrons. The molecule has 5 heteroatoms. The SMILES string of the molecule is CNNC(=O)COCc1ccccn1. The van der Waals surface area contributed by atoms with E-state index in [-0.39, 0.29) is 12.5 Å². The number of carbonyl (C=O) groups is 1. The second kappa shape index (κ2) is 6.06. The lowest BCUT2D eigenvalue weighted by atomic mass is 10.4. The first-order chi connectivity index (χ1) is 6.83. The zero-order valence-electron chi connectivity index (χ0n) is 7.99. The minimum atomic E-state index is -0.205. The van der Waals surface area contributed by atoms with E-state index in [1.807, 2.05) is 18.2 Å². The molecule has 0 unspecified atom stereocenters. The number of amides is 1. The quantitative estimate of drug-likeness (QED) is 0.641. The van der Waals surface area contributed by atoms with Gasteiger partial charge in [-0.15, -0.1) is 0 Å². The Labute approximate surface area is 82.5 Å². The lowest BCUT2D eigenvalue weighted by Crippen LogP contribution is -2.36. The van der Waals surface area contributed by atoms with Gasteiger partial charge in [-0.25, -0.2) is 5.43 Å². The Morgan fingerprint density at radius 3 is 3.07 bits per heavy atom. The van der Waals surface area contributed by atoms with Gasteiger partial charge in [-0.3, -0.25) is 15.2 Å². The summed E-state index contributed by atoms with van der Waals surface area (Å²) in [4.78, 5) is 15.0. The number of aromatic nitrogens is 1. The van der Waals surface area contributed by atoms with E-state index < -0.39 is 0 Å². The van der Waals surface area contributed by atoms with Gasteiger partial charge in [0.2, 0.25) is 0 Å². The molecule has 0 saturated heterocycles. The van der Waals surface area contributed by atoms with Gasteiger partial charge in [-0.1, -0.05) is 6.07 Å². The van der Waals surface area contributed by atoms with E-state index in [0.29, 0.717) is 6.61 Å². The van der Waals surface area contributed by atoms with E-state index >= 15 is 0 Å². The number of carbonyl (C=O) groups excluding carboxylic acids is 1. The fourth-order valence-electron chi connectivity index (χ4n) is 0.907. The van der Waals surface area contributed by atoms with E-state index in [2.05, 4.69) is 15.8 Å². The van der Waals surface area contributed by atoms with Crippen LogP contribution in [0.15, 0.2) is 24.4 Å². The molecule has 0 aliphatic heterocycles. The van der Waals surface area contributed by atoms with Crippen molar-refractivity contribution in [1.29, 1.82) is 0 Å². The predicted molar refractivity (Wildman–Crippen MR) is 51.1 cm³/mol. The average Bonchev–Trinajstić information content (AvgIpc) is 2.20. The molecule has 1 rings (SSSR count). The van der Waals surface area contributed by atoms with Gasteiger partial charge in [0, 0.05) is 13.2 Å². The minimum absolute atomic E-state index is 0.0252. The van der Waals surface area contributed by atoms with Gasteiger partial charge in [0.25, 0.3) is 5.91 Å². The molecule has 0 bridgehead atoms. The third-order valence-corrected chi connectivity index (χ3v) is 1.47. The Morgan fingerprint density at radius 2 is 2.43 bits per heavy atom. The van der Waals surface area contributed by atoms with Gasteiger partial charge in [0.15, 0.2) is 0 Å². The molecule has 14 heavy (non-hydrogen) atoms. The summed E-state index contributed by atoms with van der Waals surface area (Å²) in [6, 6.07) is 5.55. The fourth-order valence-corrected chi connectivity index (χ4v) is 0.907. The van der Waals surface area contributed by atoms with Crippen LogP contribution in [0.1, 0.15) is 5.69 Å². The number of ether oxygens (including phenoxy) is 1. The van der Waals surface area contributed by atoms with Crippen molar-refractivity contribution < 1.29 is 9.53 Å². The summed E-state index contributed by atoms with van der Waals surface area (Å²) in [5, 5.41) is 0. The van der Waals surface area contributed by atoms with Gasteiger partial charge in [-0.2, -0.15) is 0 Å². The molecular weight excluding hydrogens is 182 g/mol. The second-order valence-electron chi connectivity index (χ2n) is 2.61. The molecule has 1 heterocycles. The van der Waals surface area contributed by atoms with Crippen molar-refractivity contribution in [3.63, 3.8) is 0 Å². The van der Waals surface area contributed by atoms with E-state index in [4.69, 9.17) is 4.74 Å². The Hall–Kier alpha value is -1.46. The smallest absolute Gasteiger partial charge is 0.260 e. The standard InChI is InChI=1S/C9H13N3O2/c1-10-12-9(13)7-14-6-8-4-2-3-5-11-8/h2-5,10H,6-7H2,1H3,(H,12,13). The highest BCUT2D eigenvalue weighted by Crippen LogP contribution is 1.94. The highest BCUT2D eigenvalue weighted by Gasteiger charge is 1.99. The Bertz CT molecular complexity index is 277. The van der Waals surface area contributed by atoms with Crippen molar-refractivity contribution in [1.82, 2.24) is 15.8 Å². The third-order valence-electron chi connectivity index (χ3n) is 1.47. The van der Waals surface area contributed by atoms with Gasteiger partial charge >= 0.3 is 0 Å². The van der Waals surface area contributed by atoms with Crippen molar-refractivity contribution in [2.45, 2.75) is 6.61 Å². The molecule has 0 aliphatic carbocycles. The van der Waals surface area contributed by atoms with Crippen LogP contribution in [-0.2, 0) is 16.1 Å². The van der Waals surface area contributed by atoms with E-state index in [0.717, 1.165) is 5.69 Å². The summed E-state index contributed by atoms with van der Waals surface area (Å²) >= 11 is 0. The first-order valence-electron chi connectivity index (χ1n) is 4.26. The van der Waals surface area contributed by atoms with Crippen LogP contribution in [-0.4, -0.2) is 24.5 Å². The second-order valence-corrected chi connectivity index (χ2v) is 2.61. The van der Waals surface area contributed by atoms with Crippen molar-refractivity contribution in [3.8, 4) is 0 Å². The van der Waals surface area contributed by atoms with Crippen LogP contribution in [0.2, 0.25) is 0 Å². The summed E-state index contributed by atoms with van der Waals surface area (Å²) in [6.07, 6.45) is 1.69.